The van der Waals surface area contributed by atoms with Gasteiger partial charge in [-0.3, -0.25) is 0 Å². The van der Waals surface area contributed by atoms with E-state index in [2.05, 4.69) is 35.8 Å². The van der Waals surface area contributed by atoms with E-state index >= 15 is 0 Å². The molecule has 0 spiro atoms. The van der Waals surface area contributed by atoms with Gasteiger partial charge in [-0.05, 0) is 41.8 Å². The molecule has 0 radical (unpaired) electrons. The third-order valence-electron chi connectivity index (χ3n) is 3.19. The number of halogens is 2. The predicted molar refractivity (Wildman–Crippen MR) is 73.5 cm³/mol. The van der Waals surface area contributed by atoms with Crippen LogP contribution in [0.1, 0.15) is 34.9 Å². The van der Waals surface area contributed by atoms with Gasteiger partial charge in [-0.2, -0.15) is 0 Å². The van der Waals surface area contributed by atoms with Crippen molar-refractivity contribution in [3.05, 3.63) is 20.3 Å². The van der Waals surface area contributed by atoms with Gasteiger partial charge in [-0.15, -0.1) is 22.9 Å². The topological polar surface area (TPSA) is 9.23 Å². The minimum atomic E-state index is 0.0995. The normalized spacial score (nSPS) is 27.2. The standard InChI is InChI=1S/C12H16BrClOS/c1-3-10-8(4-5-15-10)12(14)11-6-9(13)7(2)16-11/h6,8,10,12H,3-5H2,1-2H3. The molecular formula is C12H16BrClOS. The lowest BCUT2D eigenvalue weighted by Crippen LogP contribution is -2.18. The summed E-state index contributed by atoms with van der Waals surface area (Å²) in [7, 11) is 0. The summed E-state index contributed by atoms with van der Waals surface area (Å²) < 4.78 is 6.87. The second-order valence-electron chi connectivity index (χ2n) is 4.22. The van der Waals surface area contributed by atoms with E-state index in [1.165, 1.54) is 14.2 Å². The van der Waals surface area contributed by atoms with Crippen molar-refractivity contribution in [2.75, 3.05) is 6.61 Å². The zero-order chi connectivity index (χ0) is 11.7. The van der Waals surface area contributed by atoms with Crippen LogP contribution in [0.5, 0.6) is 0 Å². The van der Waals surface area contributed by atoms with Crippen LogP contribution in [0, 0.1) is 12.8 Å². The molecule has 1 aliphatic rings. The minimum absolute atomic E-state index is 0.0995. The Balaban J connectivity index is 2.14. The molecule has 1 aliphatic heterocycles. The van der Waals surface area contributed by atoms with Crippen LogP contribution in [-0.2, 0) is 4.74 Å². The minimum Gasteiger partial charge on any atom is -0.378 e. The summed E-state index contributed by atoms with van der Waals surface area (Å²) >= 11 is 11.9. The highest BCUT2D eigenvalue weighted by molar-refractivity contribution is 9.10. The molecule has 2 heterocycles. The van der Waals surface area contributed by atoms with Gasteiger partial charge in [0.1, 0.15) is 0 Å². The van der Waals surface area contributed by atoms with Crippen LogP contribution >= 0.6 is 38.9 Å². The first-order valence-electron chi connectivity index (χ1n) is 5.65. The number of rotatable bonds is 3. The first kappa shape index (κ1) is 12.9. The number of ether oxygens (including phenoxy) is 1. The summed E-state index contributed by atoms with van der Waals surface area (Å²) in [5.41, 5.74) is 0. The molecule has 0 aromatic carbocycles. The number of hydrogen-bond acceptors (Lipinski definition) is 2. The van der Waals surface area contributed by atoms with Gasteiger partial charge in [0.15, 0.2) is 0 Å². The number of thiophene rings is 1. The van der Waals surface area contributed by atoms with Gasteiger partial charge in [0.25, 0.3) is 0 Å². The lowest BCUT2D eigenvalue weighted by molar-refractivity contribution is 0.0866. The maximum atomic E-state index is 6.58. The zero-order valence-corrected chi connectivity index (χ0v) is 12.7. The maximum Gasteiger partial charge on any atom is 0.0732 e. The van der Waals surface area contributed by atoms with E-state index in [1.54, 1.807) is 11.3 Å². The molecule has 1 nitrogen and oxygen atoms in total. The molecule has 0 N–H and O–H groups in total. The monoisotopic (exact) mass is 322 g/mol. The summed E-state index contributed by atoms with van der Waals surface area (Å²) in [6, 6.07) is 2.16. The lowest BCUT2D eigenvalue weighted by atomic mass is 9.95. The molecule has 0 amide bonds. The highest BCUT2D eigenvalue weighted by atomic mass is 79.9. The van der Waals surface area contributed by atoms with E-state index in [-0.39, 0.29) is 5.38 Å². The molecule has 0 bridgehead atoms. The number of aryl methyl sites for hydroxylation is 1. The molecule has 2 rings (SSSR count). The Hall–Kier alpha value is 0.430. The predicted octanol–water partition coefficient (Wildman–Crippen LogP) is 4.91. The third kappa shape index (κ3) is 2.47. The van der Waals surface area contributed by atoms with Gasteiger partial charge in [-0.1, -0.05) is 6.92 Å². The maximum absolute atomic E-state index is 6.58. The van der Waals surface area contributed by atoms with Gasteiger partial charge in [0.05, 0.1) is 11.5 Å². The Kier molecular flexibility index (Phi) is 4.33. The molecule has 1 saturated heterocycles. The molecule has 3 atom stereocenters. The second kappa shape index (κ2) is 5.38. The van der Waals surface area contributed by atoms with Gasteiger partial charge in [-0.25, -0.2) is 0 Å². The van der Waals surface area contributed by atoms with Crippen molar-refractivity contribution in [1.29, 1.82) is 0 Å². The largest absolute Gasteiger partial charge is 0.378 e. The number of hydrogen-bond donors (Lipinski definition) is 0. The van der Waals surface area contributed by atoms with Crippen LogP contribution in [0.3, 0.4) is 0 Å². The molecule has 1 fully saturated rings. The molecule has 1 aromatic heterocycles. The van der Waals surface area contributed by atoms with Crippen molar-refractivity contribution in [2.24, 2.45) is 5.92 Å². The fourth-order valence-corrected chi connectivity index (χ4v) is 4.35. The second-order valence-corrected chi connectivity index (χ2v) is 6.84. The van der Waals surface area contributed by atoms with Crippen LogP contribution in [0.2, 0.25) is 0 Å². The van der Waals surface area contributed by atoms with E-state index in [9.17, 15) is 0 Å². The van der Waals surface area contributed by atoms with Crippen molar-refractivity contribution in [1.82, 2.24) is 0 Å². The summed E-state index contributed by atoms with van der Waals surface area (Å²) in [5, 5.41) is 0.0995. The van der Waals surface area contributed by atoms with E-state index < -0.39 is 0 Å². The Morgan fingerprint density at radius 2 is 2.44 bits per heavy atom. The summed E-state index contributed by atoms with van der Waals surface area (Å²) in [6.07, 6.45) is 2.48. The van der Waals surface area contributed by atoms with Gasteiger partial charge in [0.2, 0.25) is 0 Å². The molecule has 0 saturated carbocycles. The van der Waals surface area contributed by atoms with Crippen molar-refractivity contribution in [3.8, 4) is 0 Å². The third-order valence-corrected chi connectivity index (χ3v) is 6.09. The Labute approximate surface area is 114 Å². The van der Waals surface area contributed by atoms with E-state index in [0.29, 0.717) is 12.0 Å². The van der Waals surface area contributed by atoms with Crippen LogP contribution in [-0.4, -0.2) is 12.7 Å². The average Bonchev–Trinajstić information content (AvgIpc) is 2.85. The van der Waals surface area contributed by atoms with Crippen LogP contribution in [0.15, 0.2) is 10.5 Å². The summed E-state index contributed by atoms with van der Waals surface area (Å²) in [6.45, 7) is 5.14. The summed E-state index contributed by atoms with van der Waals surface area (Å²) in [5.74, 6) is 0.469. The first-order chi connectivity index (χ1) is 7.63. The molecule has 90 valence electrons. The van der Waals surface area contributed by atoms with Gasteiger partial charge < -0.3 is 4.74 Å². The summed E-state index contributed by atoms with van der Waals surface area (Å²) in [4.78, 5) is 2.56. The fourth-order valence-electron chi connectivity index (χ4n) is 2.25. The first-order valence-corrected chi connectivity index (χ1v) is 7.69. The molecule has 16 heavy (non-hydrogen) atoms. The molecule has 3 unspecified atom stereocenters. The van der Waals surface area contributed by atoms with Crippen molar-refractivity contribution in [2.45, 2.75) is 38.2 Å². The van der Waals surface area contributed by atoms with E-state index in [4.69, 9.17) is 16.3 Å². The Morgan fingerprint density at radius 3 is 3.00 bits per heavy atom. The zero-order valence-electron chi connectivity index (χ0n) is 9.50. The van der Waals surface area contributed by atoms with Gasteiger partial charge >= 0.3 is 0 Å². The molecule has 4 heteroatoms. The van der Waals surface area contributed by atoms with Crippen LogP contribution < -0.4 is 0 Å². The van der Waals surface area contributed by atoms with Crippen molar-refractivity contribution in [3.63, 3.8) is 0 Å². The SMILES string of the molecule is CCC1OCCC1C(Cl)c1cc(Br)c(C)s1. The Morgan fingerprint density at radius 1 is 1.69 bits per heavy atom. The quantitative estimate of drug-likeness (QED) is 0.718. The lowest BCUT2D eigenvalue weighted by Gasteiger charge is -2.21. The molecule has 1 aromatic rings. The van der Waals surface area contributed by atoms with E-state index in [0.717, 1.165) is 19.4 Å². The molecular weight excluding hydrogens is 308 g/mol. The van der Waals surface area contributed by atoms with Gasteiger partial charge in [0, 0.05) is 26.8 Å². The van der Waals surface area contributed by atoms with Crippen LogP contribution in [0.4, 0.5) is 0 Å². The highest BCUT2D eigenvalue weighted by Crippen LogP contribution is 2.43. The Bertz CT molecular complexity index is 346. The fraction of sp³-hybridized carbons (Fsp3) is 0.667. The molecule has 0 aliphatic carbocycles. The smallest absolute Gasteiger partial charge is 0.0732 e. The highest BCUT2D eigenvalue weighted by Gasteiger charge is 2.34. The number of alkyl halides is 1. The van der Waals surface area contributed by atoms with Crippen LogP contribution in [0.25, 0.3) is 0 Å². The van der Waals surface area contributed by atoms with E-state index in [1.807, 2.05) is 0 Å². The van der Waals surface area contributed by atoms with Crippen molar-refractivity contribution < 1.29 is 4.74 Å². The van der Waals surface area contributed by atoms with Crippen molar-refractivity contribution >= 4 is 38.9 Å². The average molecular weight is 324 g/mol.